The van der Waals surface area contributed by atoms with Crippen LogP contribution in [0.2, 0.25) is 0 Å². The van der Waals surface area contributed by atoms with Crippen molar-refractivity contribution in [2.24, 2.45) is 0 Å². The molecule has 1 rings (SSSR count). The van der Waals surface area contributed by atoms with E-state index in [0.717, 1.165) is 0 Å². The van der Waals surface area contributed by atoms with Gasteiger partial charge in [0.1, 0.15) is 0 Å². The van der Waals surface area contributed by atoms with Crippen molar-refractivity contribution in [3.05, 3.63) is 33.1 Å². The van der Waals surface area contributed by atoms with Crippen molar-refractivity contribution >= 4 is 33.4 Å². The van der Waals surface area contributed by atoms with Crippen LogP contribution in [0.1, 0.15) is 6.42 Å². The third-order valence-electron chi connectivity index (χ3n) is 1.36. The van der Waals surface area contributed by atoms with E-state index < -0.39 is 0 Å². The number of thiol groups is 1. The molecule has 0 atom stereocenters. The van der Waals surface area contributed by atoms with E-state index in [4.69, 9.17) is 0 Å². The topological polar surface area (TPSA) is 0 Å². The molecule has 10 heavy (non-hydrogen) atoms. The van der Waals surface area contributed by atoms with Gasteiger partial charge in [0.15, 0.2) is 0 Å². The molecule has 0 spiro atoms. The maximum atomic E-state index is 3.94. The fourth-order valence-electron chi connectivity index (χ4n) is 0.792. The van der Waals surface area contributed by atoms with Crippen molar-refractivity contribution in [2.45, 2.75) is 6.42 Å². The molecule has 0 aromatic heterocycles. The fourth-order valence-corrected chi connectivity index (χ4v) is 3.48. The summed E-state index contributed by atoms with van der Waals surface area (Å²) in [6.07, 6.45) is 5.55. The van der Waals surface area contributed by atoms with Gasteiger partial charge in [-0.2, -0.15) is 0 Å². The van der Waals surface area contributed by atoms with Crippen molar-refractivity contribution in [3.8, 4) is 0 Å². The van der Waals surface area contributed by atoms with Crippen LogP contribution in [0.25, 0.3) is 0 Å². The molecule has 54 valence electrons. The summed E-state index contributed by atoms with van der Waals surface area (Å²) >= 11 is 1.23. The van der Waals surface area contributed by atoms with Gasteiger partial charge >= 0.3 is 78.7 Å². The van der Waals surface area contributed by atoms with Crippen LogP contribution >= 0.6 is 10.9 Å². The molecular formula is C8H12SSn. The first-order chi connectivity index (χ1) is 4.79. The van der Waals surface area contributed by atoms with Gasteiger partial charge in [-0.1, -0.05) is 0 Å². The summed E-state index contributed by atoms with van der Waals surface area (Å²) in [7, 11) is 0.121. The van der Waals surface area contributed by atoms with E-state index in [1.54, 1.807) is 0 Å². The average Bonchev–Trinajstić information content (AvgIpc) is 2.34. The quantitative estimate of drug-likeness (QED) is 0.580. The molecule has 1 heterocycles. The Balaban J connectivity index is 2.20. The van der Waals surface area contributed by atoms with Crippen LogP contribution in [-0.2, 0) is 0 Å². The SMILES string of the molecule is C=[C]([SnH])CC[SH]1C=CC=C1. The van der Waals surface area contributed by atoms with Crippen LogP contribution in [0.5, 0.6) is 0 Å². The van der Waals surface area contributed by atoms with Crippen LogP contribution in [0.4, 0.5) is 0 Å². The molecule has 0 amide bonds. The van der Waals surface area contributed by atoms with Gasteiger partial charge < -0.3 is 0 Å². The first-order valence-corrected chi connectivity index (χ1v) is 6.64. The van der Waals surface area contributed by atoms with Gasteiger partial charge in [-0.25, -0.2) is 0 Å². The van der Waals surface area contributed by atoms with Gasteiger partial charge in [0.2, 0.25) is 0 Å². The summed E-state index contributed by atoms with van der Waals surface area (Å²) in [5.41, 5.74) is 0. The molecule has 0 N–H and O–H groups in total. The zero-order valence-electron chi connectivity index (χ0n) is 5.96. The number of hydrogen-bond acceptors (Lipinski definition) is 0. The molecule has 0 bridgehead atoms. The van der Waals surface area contributed by atoms with Crippen molar-refractivity contribution in [3.63, 3.8) is 0 Å². The van der Waals surface area contributed by atoms with Crippen molar-refractivity contribution in [1.82, 2.24) is 0 Å². The minimum absolute atomic E-state index is 0.121. The molecule has 0 fully saturated rings. The van der Waals surface area contributed by atoms with Crippen LogP contribution < -0.4 is 0 Å². The van der Waals surface area contributed by atoms with Crippen molar-refractivity contribution < 1.29 is 0 Å². The fraction of sp³-hybridized carbons (Fsp3) is 0.250. The second-order valence-corrected chi connectivity index (χ2v) is 6.73. The second kappa shape index (κ2) is 4.29. The first kappa shape index (κ1) is 8.47. The zero-order chi connectivity index (χ0) is 7.40. The van der Waals surface area contributed by atoms with E-state index in [2.05, 4.69) is 29.5 Å². The summed E-state index contributed by atoms with van der Waals surface area (Å²) < 4.78 is 1.43. The third-order valence-corrected chi connectivity index (χ3v) is 4.03. The van der Waals surface area contributed by atoms with Crippen molar-refractivity contribution in [2.75, 3.05) is 5.75 Å². The monoisotopic (exact) mass is 260 g/mol. The van der Waals surface area contributed by atoms with Gasteiger partial charge in [-0.3, -0.25) is 0 Å². The first-order valence-electron chi connectivity index (χ1n) is 3.33. The standard InChI is InChI=1S/C8H11S.Sn.H/c1-2-3-6-9-7-4-5-8-9;;/h4-5,7-9H,1,3,6H2;;. The number of rotatable bonds is 3. The van der Waals surface area contributed by atoms with Crippen LogP contribution in [0.3, 0.4) is 0 Å². The van der Waals surface area contributed by atoms with Crippen LogP contribution in [0, 0.1) is 0 Å². The Morgan fingerprint density at radius 2 is 2.00 bits per heavy atom. The van der Waals surface area contributed by atoms with E-state index in [9.17, 15) is 0 Å². The molecule has 0 saturated heterocycles. The molecular weight excluding hydrogens is 247 g/mol. The summed E-state index contributed by atoms with van der Waals surface area (Å²) in [6, 6.07) is 0. The molecule has 1 aliphatic rings. The zero-order valence-corrected chi connectivity index (χ0v) is 10.1. The normalized spacial score (nSPS) is 18.3. The molecule has 0 saturated carbocycles. The molecule has 0 aliphatic carbocycles. The molecule has 1 aliphatic heterocycles. The van der Waals surface area contributed by atoms with Gasteiger partial charge in [0.05, 0.1) is 0 Å². The molecule has 0 aromatic carbocycles. The van der Waals surface area contributed by atoms with Gasteiger partial charge in [-0.05, 0) is 0 Å². The Morgan fingerprint density at radius 1 is 1.40 bits per heavy atom. The van der Waals surface area contributed by atoms with Gasteiger partial charge in [-0.15, -0.1) is 0 Å². The molecule has 0 unspecified atom stereocenters. The summed E-state index contributed by atoms with van der Waals surface area (Å²) in [5.74, 6) is 1.32. The molecule has 2 radical (unpaired) electrons. The van der Waals surface area contributed by atoms with Crippen LogP contribution in [0.15, 0.2) is 33.1 Å². The summed E-state index contributed by atoms with van der Waals surface area (Å²) in [4.78, 5) is 0. The van der Waals surface area contributed by atoms with E-state index >= 15 is 0 Å². The summed E-state index contributed by atoms with van der Waals surface area (Å²) in [5, 5.41) is 4.64. The second-order valence-electron chi connectivity index (χ2n) is 2.33. The van der Waals surface area contributed by atoms with E-state index in [0.29, 0.717) is 0 Å². The Labute approximate surface area is 78.5 Å². The van der Waals surface area contributed by atoms with E-state index in [-0.39, 0.29) is 10.9 Å². The predicted octanol–water partition coefficient (Wildman–Crippen LogP) is 1.83. The van der Waals surface area contributed by atoms with E-state index in [1.807, 2.05) is 0 Å². The Kier molecular flexibility index (Phi) is 3.63. The van der Waals surface area contributed by atoms with Gasteiger partial charge in [0.25, 0.3) is 0 Å². The van der Waals surface area contributed by atoms with E-state index in [1.165, 1.54) is 38.3 Å². The maximum absolute atomic E-state index is 3.94. The Morgan fingerprint density at radius 3 is 2.50 bits per heavy atom. The molecule has 0 nitrogen and oxygen atoms in total. The van der Waals surface area contributed by atoms with Crippen molar-refractivity contribution in [1.29, 1.82) is 0 Å². The number of allylic oxidation sites excluding steroid dienone is 3. The third kappa shape index (κ3) is 2.97. The molecule has 2 heteroatoms. The average molecular weight is 259 g/mol. The predicted molar refractivity (Wildman–Crippen MR) is 53.0 cm³/mol. The minimum atomic E-state index is 0.121. The van der Waals surface area contributed by atoms with Gasteiger partial charge in [0, 0.05) is 0 Å². The number of hydrogen-bond donors (Lipinski definition) is 1. The Hall–Kier alpha value is 0.369. The summed E-state index contributed by atoms with van der Waals surface area (Å²) in [6.45, 7) is 3.94. The van der Waals surface area contributed by atoms with Crippen LogP contribution in [-0.4, -0.2) is 28.3 Å². The Bertz CT molecular complexity index is 170. The molecule has 0 aromatic rings.